The lowest BCUT2D eigenvalue weighted by Gasteiger charge is -2.18. The van der Waals surface area contributed by atoms with Gasteiger partial charge in [-0.3, -0.25) is 14.4 Å². The predicted octanol–water partition coefficient (Wildman–Crippen LogP) is 14.9. The Kier molecular flexibility index (Phi) is 42.5. The quantitative estimate of drug-likeness (QED) is 0.0266. The molecule has 56 heavy (non-hydrogen) atoms. The van der Waals surface area contributed by atoms with E-state index in [1.165, 1.54) is 83.5 Å². The van der Waals surface area contributed by atoms with E-state index >= 15 is 0 Å². The van der Waals surface area contributed by atoms with Crippen LogP contribution in [0.2, 0.25) is 0 Å². The zero-order valence-electron chi connectivity index (χ0n) is 36.6. The van der Waals surface area contributed by atoms with Gasteiger partial charge in [-0.25, -0.2) is 0 Å². The molecule has 0 aromatic carbocycles. The van der Waals surface area contributed by atoms with Gasteiger partial charge in [0, 0.05) is 19.3 Å². The molecule has 0 spiro atoms. The monoisotopic (exact) mass is 783 g/mol. The van der Waals surface area contributed by atoms with Crippen molar-refractivity contribution in [2.75, 3.05) is 13.2 Å². The Balaban J connectivity index is 4.44. The minimum Gasteiger partial charge on any atom is -0.462 e. The van der Waals surface area contributed by atoms with Gasteiger partial charge in [-0.05, 0) is 96.3 Å². The van der Waals surface area contributed by atoms with Crippen LogP contribution in [0, 0.1) is 0 Å². The summed E-state index contributed by atoms with van der Waals surface area (Å²) in [7, 11) is 0. The van der Waals surface area contributed by atoms with Crippen molar-refractivity contribution < 1.29 is 28.6 Å². The van der Waals surface area contributed by atoms with Crippen LogP contribution in [0.25, 0.3) is 0 Å². The van der Waals surface area contributed by atoms with Crippen LogP contribution in [0.5, 0.6) is 0 Å². The lowest BCUT2D eigenvalue weighted by atomic mass is 10.1. The minimum atomic E-state index is -0.793. The molecule has 0 aromatic rings. The molecule has 1 atom stereocenters. The number of carbonyl (C=O) groups excluding carboxylic acids is 3. The highest BCUT2D eigenvalue weighted by Gasteiger charge is 2.19. The second-order valence-corrected chi connectivity index (χ2v) is 15.3. The van der Waals surface area contributed by atoms with Crippen LogP contribution in [0.1, 0.15) is 220 Å². The van der Waals surface area contributed by atoms with Gasteiger partial charge in [0.05, 0.1) is 0 Å². The van der Waals surface area contributed by atoms with Crippen molar-refractivity contribution in [3.8, 4) is 0 Å². The molecule has 0 aliphatic carbocycles. The molecule has 0 saturated heterocycles. The molecule has 0 amide bonds. The van der Waals surface area contributed by atoms with E-state index < -0.39 is 6.10 Å². The molecule has 322 valence electrons. The first-order chi connectivity index (χ1) is 27.5. The highest BCUT2D eigenvalue weighted by atomic mass is 16.6. The highest BCUT2D eigenvalue weighted by Crippen LogP contribution is 2.13. The standard InChI is InChI=1S/C50H86O6/c1-4-7-10-13-16-19-22-24-26-28-31-34-37-40-43-49(52)55-46-47(45-54-48(51)42-39-36-33-30-27-21-18-15-12-9-6-3)56-50(53)44-41-38-35-32-29-25-23-20-17-14-11-8-5-2/h8,11,15,17-18,20,22,24-25,29,47H,4-7,9-10,12-14,16,19,21,23,26-28,30-46H2,1-3H3/b11-8-,18-15-,20-17-,24-22-,29-25-. The molecule has 0 aliphatic rings. The highest BCUT2D eigenvalue weighted by molar-refractivity contribution is 5.71. The third kappa shape index (κ3) is 42.3. The van der Waals surface area contributed by atoms with Crippen LogP contribution in [-0.4, -0.2) is 37.2 Å². The SMILES string of the molecule is CC/C=C\C/C=C\C/C=C\CCCCCC(=O)OC(COC(=O)CCCCCCC/C=C\CCCC)COC(=O)CCCCCCC/C=C\CCCCCCC. The van der Waals surface area contributed by atoms with E-state index in [-0.39, 0.29) is 31.1 Å². The number of hydrogen-bond donors (Lipinski definition) is 0. The van der Waals surface area contributed by atoms with E-state index in [0.29, 0.717) is 19.3 Å². The lowest BCUT2D eigenvalue weighted by molar-refractivity contribution is -0.167. The van der Waals surface area contributed by atoms with Crippen LogP contribution in [0.15, 0.2) is 60.8 Å². The number of carbonyl (C=O) groups is 3. The molecule has 6 nitrogen and oxygen atoms in total. The first-order valence-electron chi connectivity index (χ1n) is 23.3. The summed E-state index contributed by atoms with van der Waals surface area (Å²) in [6.07, 6.45) is 53.4. The normalized spacial score (nSPS) is 12.6. The third-order valence-corrected chi connectivity index (χ3v) is 9.73. The number of unbranched alkanes of at least 4 members (excludes halogenated alkanes) is 20. The Morgan fingerprint density at radius 3 is 1.18 bits per heavy atom. The topological polar surface area (TPSA) is 78.9 Å². The van der Waals surface area contributed by atoms with Crippen LogP contribution in [0.4, 0.5) is 0 Å². The summed E-state index contributed by atoms with van der Waals surface area (Å²) >= 11 is 0. The first-order valence-corrected chi connectivity index (χ1v) is 23.3. The maximum Gasteiger partial charge on any atom is 0.306 e. The Bertz CT molecular complexity index is 1040. The van der Waals surface area contributed by atoms with Gasteiger partial charge >= 0.3 is 17.9 Å². The van der Waals surface area contributed by atoms with Crippen LogP contribution in [0.3, 0.4) is 0 Å². The van der Waals surface area contributed by atoms with Crippen molar-refractivity contribution in [1.82, 2.24) is 0 Å². The van der Waals surface area contributed by atoms with Gasteiger partial charge in [0.15, 0.2) is 6.10 Å². The number of allylic oxidation sites excluding steroid dienone is 10. The Morgan fingerprint density at radius 2 is 0.714 bits per heavy atom. The van der Waals surface area contributed by atoms with Crippen LogP contribution in [-0.2, 0) is 28.6 Å². The fourth-order valence-electron chi connectivity index (χ4n) is 6.19. The predicted molar refractivity (Wildman–Crippen MR) is 238 cm³/mol. The van der Waals surface area contributed by atoms with E-state index in [2.05, 4.69) is 81.5 Å². The van der Waals surface area contributed by atoms with E-state index in [1.807, 2.05) is 0 Å². The fraction of sp³-hybridized carbons (Fsp3) is 0.740. The average molecular weight is 783 g/mol. The van der Waals surface area contributed by atoms with E-state index in [1.54, 1.807) is 0 Å². The number of ether oxygens (including phenoxy) is 3. The molecule has 0 fully saturated rings. The lowest BCUT2D eigenvalue weighted by Crippen LogP contribution is -2.30. The zero-order chi connectivity index (χ0) is 40.8. The van der Waals surface area contributed by atoms with Crippen LogP contribution >= 0.6 is 0 Å². The molecular weight excluding hydrogens is 697 g/mol. The van der Waals surface area contributed by atoms with Gasteiger partial charge in [-0.15, -0.1) is 0 Å². The van der Waals surface area contributed by atoms with Crippen molar-refractivity contribution >= 4 is 17.9 Å². The van der Waals surface area contributed by atoms with E-state index in [4.69, 9.17) is 14.2 Å². The van der Waals surface area contributed by atoms with Gasteiger partial charge in [0.1, 0.15) is 13.2 Å². The number of rotatable bonds is 41. The number of esters is 3. The molecular formula is C50H86O6. The zero-order valence-corrected chi connectivity index (χ0v) is 36.6. The Hall–Kier alpha value is -2.89. The summed E-state index contributed by atoms with van der Waals surface area (Å²) in [5, 5.41) is 0. The van der Waals surface area contributed by atoms with Gasteiger partial charge in [0.2, 0.25) is 0 Å². The molecule has 0 radical (unpaired) electrons. The first kappa shape index (κ1) is 53.1. The van der Waals surface area contributed by atoms with Crippen molar-refractivity contribution in [2.24, 2.45) is 0 Å². The number of hydrogen-bond acceptors (Lipinski definition) is 6. The molecule has 0 bridgehead atoms. The summed E-state index contributed by atoms with van der Waals surface area (Å²) < 4.78 is 16.7. The Labute approximate surface area is 345 Å². The molecule has 0 aliphatic heterocycles. The largest absolute Gasteiger partial charge is 0.462 e. The molecule has 0 rings (SSSR count). The molecule has 0 heterocycles. The fourth-order valence-corrected chi connectivity index (χ4v) is 6.19. The Morgan fingerprint density at radius 1 is 0.375 bits per heavy atom. The van der Waals surface area contributed by atoms with E-state index in [9.17, 15) is 14.4 Å². The maximum atomic E-state index is 12.7. The van der Waals surface area contributed by atoms with Crippen molar-refractivity contribution in [2.45, 2.75) is 226 Å². The van der Waals surface area contributed by atoms with Gasteiger partial charge in [0.25, 0.3) is 0 Å². The second kappa shape index (κ2) is 44.8. The maximum absolute atomic E-state index is 12.7. The van der Waals surface area contributed by atoms with Gasteiger partial charge < -0.3 is 14.2 Å². The molecule has 1 unspecified atom stereocenters. The third-order valence-electron chi connectivity index (χ3n) is 9.73. The molecule has 0 aromatic heterocycles. The summed E-state index contributed by atoms with van der Waals surface area (Å²) in [4.78, 5) is 37.7. The van der Waals surface area contributed by atoms with Crippen molar-refractivity contribution in [1.29, 1.82) is 0 Å². The van der Waals surface area contributed by atoms with Crippen molar-refractivity contribution in [3.63, 3.8) is 0 Å². The van der Waals surface area contributed by atoms with Crippen molar-refractivity contribution in [3.05, 3.63) is 60.8 Å². The molecule has 0 saturated carbocycles. The van der Waals surface area contributed by atoms with E-state index in [0.717, 1.165) is 96.3 Å². The summed E-state index contributed by atoms with van der Waals surface area (Å²) in [6, 6.07) is 0. The smallest absolute Gasteiger partial charge is 0.306 e. The summed E-state index contributed by atoms with van der Waals surface area (Å²) in [5.74, 6) is -0.944. The van der Waals surface area contributed by atoms with Crippen LogP contribution < -0.4 is 0 Å². The molecule has 6 heteroatoms. The summed E-state index contributed by atoms with van der Waals surface area (Å²) in [6.45, 7) is 6.42. The summed E-state index contributed by atoms with van der Waals surface area (Å²) in [5.41, 5.74) is 0. The second-order valence-electron chi connectivity index (χ2n) is 15.3. The average Bonchev–Trinajstić information content (AvgIpc) is 3.19. The van der Waals surface area contributed by atoms with Gasteiger partial charge in [-0.1, -0.05) is 165 Å². The molecule has 0 N–H and O–H groups in total. The van der Waals surface area contributed by atoms with Gasteiger partial charge in [-0.2, -0.15) is 0 Å². The minimum absolute atomic E-state index is 0.0934.